The lowest BCUT2D eigenvalue weighted by Crippen LogP contribution is -2.39. The summed E-state index contributed by atoms with van der Waals surface area (Å²) in [7, 11) is 1.54. The van der Waals surface area contributed by atoms with E-state index in [0.717, 1.165) is 6.20 Å². The highest BCUT2D eigenvalue weighted by Crippen LogP contribution is 2.21. The maximum Gasteiger partial charge on any atom is 0.274 e. The van der Waals surface area contributed by atoms with Gasteiger partial charge >= 0.3 is 0 Å². The highest BCUT2D eigenvalue weighted by molar-refractivity contribution is 5.49. The van der Waals surface area contributed by atoms with Crippen molar-refractivity contribution in [3.05, 3.63) is 40.6 Å². The molecule has 7 heteroatoms. The lowest BCUT2D eigenvalue weighted by atomic mass is 9.88. The van der Waals surface area contributed by atoms with Gasteiger partial charge in [0.15, 0.2) is 5.82 Å². The van der Waals surface area contributed by atoms with Crippen LogP contribution in [-0.4, -0.2) is 23.1 Å². The number of ether oxygens (including phenoxy) is 1. The molecule has 0 saturated carbocycles. The third-order valence-corrected chi connectivity index (χ3v) is 3.13. The van der Waals surface area contributed by atoms with Crippen molar-refractivity contribution >= 4 is 5.69 Å². The van der Waals surface area contributed by atoms with Crippen molar-refractivity contribution in [1.29, 1.82) is 0 Å². The first-order valence-electron chi connectivity index (χ1n) is 6.60. The summed E-state index contributed by atoms with van der Waals surface area (Å²) in [4.78, 5) is 14.3. The van der Waals surface area contributed by atoms with Gasteiger partial charge in [0.25, 0.3) is 6.20 Å². The zero-order valence-corrected chi connectivity index (χ0v) is 13.0. The van der Waals surface area contributed by atoms with Gasteiger partial charge in [-0.15, -0.1) is 0 Å². The van der Waals surface area contributed by atoms with Crippen molar-refractivity contribution in [1.82, 2.24) is 10.3 Å². The number of hydrogen-bond donors (Lipinski definition) is 2. The molecule has 0 aliphatic carbocycles. The Labute approximate surface area is 124 Å². The lowest BCUT2D eigenvalue weighted by molar-refractivity contribution is -0.403. The molecule has 0 aliphatic heterocycles. The summed E-state index contributed by atoms with van der Waals surface area (Å²) < 4.78 is 5.08. The smallest absolute Gasteiger partial charge is 0.274 e. The van der Waals surface area contributed by atoms with E-state index in [9.17, 15) is 10.1 Å². The molecule has 1 atom stereocenters. The van der Waals surface area contributed by atoms with Crippen LogP contribution in [0.5, 0.6) is 5.75 Å². The molecule has 1 heterocycles. The molecule has 0 saturated heterocycles. The van der Waals surface area contributed by atoms with E-state index < -0.39 is 4.92 Å². The van der Waals surface area contributed by atoms with E-state index in [1.54, 1.807) is 18.5 Å². The number of methoxy groups -OCH3 is 1. The molecule has 2 N–H and O–H groups in total. The molecule has 116 valence electrons. The van der Waals surface area contributed by atoms with Crippen LogP contribution < -0.4 is 15.4 Å². The molecule has 0 bridgehead atoms. The predicted octanol–water partition coefficient (Wildman–Crippen LogP) is 2.60. The number of aromatic nitrogens is 1. The number of nitrogens with one attached hydrogen (secondary N) is 2. The first-order chi connectivity index (χ1) is 9.72. The van der Waals surface area contributed by atoms with Gasteiger partial charge < -0.3 is 15.4 Å². The fourth-order valence-electron chi connectivity index (χ4n) is 1.42. The molecule has 0 unspecified atom stereocenters. The quantitative estimate of drug-likeness (QED) is 0.619. The Morgan fingerprint density at radius 3 is 2.67 bits per heavy atom. The molecule has 0 aliphatic rings. The van der Waals surface area contributed by atoms with E-state index in [1.165, 1.54) is 7.11 Å². The van der Waals surface area contributed by atoms with Crippen molar-refractivity contribution in [2.45, 2.75) is 33.7 Å². The largest absolute Gasteiger partial charge is 0.495 e. The molecular formula is C14H22N4O3. The molecule has 1 aromatic heterocycles. The molecule has 0 amide bonds. The first kappa shape index (κ1) is 16.7. The maximum absolute atomic E-state index is 10.8. The van der Waals surface area contributed by atoms with Crippen molar-refractivity contribution in [3.8, 4) is 5.75 Å². The van der Waals surface area contributed by atoms with E-state index in [1.807, 2.05) is 6.92 Å². The highest BCUT2D eigenvalue weighted by Gasteiger charge is 2.21. The zero-order chi connectivity index (χ0) is 16.0. The summed E-state index contributed by atoms with van der Waals surface area (Å²) >= 11 is 0. The molecule has 0 aromatic carbocycles. The predicted molar refractivity (Wildman–Crippen MR) is 81.5 cm³/mol. The second kappa shape index (κ2) is 6.92. The van der Waals surface area contributed by atoms with E-state index in [4.69, 9.17) is 4.74 Å². The van der Waals surface area contributed by atoms with Gasteiger partial charge in [0.1, 0.15) is 5.75 Å². The number of nitro groups is 1. The molecule has 21 heavy (non-hydrogen) atoms. The average Bonchev–Trinajstić information content (AvgIpc) is 2.37. The van der Waals surface area contributed by atoms with E-state index in [0.29, 0.717) is 17.3 Å². The SMILES string of the molecule is COc1cncc(N/C(=C/[N+](=O)[O-])N[C@H](C)C(C)(C)C)c1. The molecule has 1 rings (SSSR count). The van der Waals surface area contributed by atoms with Gasteiger partial charge in [-0.1, -0.05) is 20.8 Å². The van der Waals surface area contributed by atoms with Crippen molar-refractivity contribution < 1.29 is 9.66 Å². The summed E-state index contributed by atoms with van der Waals surface area (Å²) in [6.07, 6.45) is 4.04. The minimum absolute atomic E-state index is 0.0368. The van der Waals surface area contributed by atoms with Gasteiger partial charge in [-0.25, -0.2) is 0 Å². The molecule has 1 aromatic rings. The molecule has 0 radical (unpaired) electrons. The van der Waals surface area contributed by atoms with Crippen LogP contribution >= 0.6 is 0 Å². The Balaban J connectivity index is 2.91. The lowest BCUT2D eigenvalue weighted by Gasteiger charge is -2.29. The summed E-state index contributed by atoms with van der Waals surface area (Å²) in [5.74, 6) is 0.877. The van der Waals surface area contributed by atoms with Crippen molar-refractivity contribution in [2.24, 2.45) is 5.41 Å². The van der Waals surface area contributed by atoms with Crippen LogP contribution in [0, 0.1) is 15.5 Å². The Bertz CT molecular complexity index is 523. The Kier molecular flexibility index (Phi) is 5.52. The van der Waals surface area contributed by atoms with Crippen LogP contribution in [0.2, 0.25) is 0 Å². The van der Waals surface area contributed by atoms with Gasteiger partial charge in [0, 0.05) is 12.1 Å². The zero-order valence-electron chi connectivity index (χ0n) is 13.0. The van der Waals surface area contributed by atoms with Crippen LogP contribution in [0.3, 0.4) is 0 Å². The van der Waals surface area contributed by atoms with Gasteiger partial charge in [-0.3, -0.25) is 15.1 Å². The van der Waals surface area contributed by atoms with Gasteiger partial charge in [0.05, 0.1) is 30.1 Å². The summed E-state index contributed by atoms with van der Waals surface area (Å²) in [5, 5.41) is 16.8. The molecule has 7 nitrogen and oxygen atoms in total. The van der Waals surface area contributed by atoms with Crippen LogP contribution in [0.25, 0.3) is 0 Å². The normalized spacial score (nSPS) is 13.5. The monoisotopic (exact) mass is 294 g/mol. The number of rotatable bonds is 6. The van der Waals surface area contributed by atoms with Crippen LogP contribution in [0.15, 0.2) is 30.5 Å². The van der Waals surface area contributed by atoms with Gasteiger partial charge in [0.2, 0.25) is 0 Å². The van der Waals surface area contributed by atoms with E-state index in [-0.39, 0.29) is 11.5 Å². The number of nitrogens with zero attached hydrogens (tertiary/aromatic N) is 2. The fraction of sp³-hybridized carbons (Fsp3) is 0.500. The minimum Gasteiger partial charge on any atom is -0.495 e. The van der Waals surface area contributed by atoms with Crippen LogP contribution in [0.1, 0.15) is 27.7 Å². The molecular weight excluding hydrogens is 272 g/mol. The second-order valence-electron chi connectivity index (χ2n) is 5.80. The second-order valence-corrected chi connectivity index (χ2v) is 5.80. The fourth-order valence-corrected chi connectivity index (χ4v) is 1.42. The Morgan fingerprint density at radius 1 is 1.48 bits per heavy atom. The Hall–Kier alpha value is -2.31. The van der Waals surface area contributed by atoms with Crippen LogP contribution in [-0.2, 0) is 0 Å². The summed E-state index contributed by atoms with van der Waals surface area (Å²) in [5.41, 5.74) is 0.570. The highest BCUT2D eigenvalue weighted by atomic mass is 16.6. The maximum atomic E-state index is 10.8. The van der Waals surface area contributed by atoms with Gasteiger partial charge in [-0.2, -0.15) is 0 Å². The topological polar surface area (TPSA) is 89.3 Å². The standard InChI is InChI=1S/C14H22N4O3/c1-10(14(2,3)4)16-13(9-18(19)20)17-11-6-12(21-5)8-15-7-11/h6-10,16-17H,1-5H3/b13-9+/t10-/m1/s1. The van der Waals surface area contributed by atoms with E-state index in [2.05, 4.69) is 36.4 Å². The number of pyridine rings is 1. The third kappa shape index (κ3) is 5.68. The number of anilines is 1. The van der Waals surface area contributed by atoms with Crippen molar-refractivity contribution in [2.75, 3.05) is 12.4 Å². The third-order valence-electron chi connectivity index (χ3n) is 3.13. The van der Waals surface area contributed by atoms with Gasteiger partial charge in [-0.05, 0) is 12.3 Å². The Morgan fingerprint density at radius 2 is 2.14 bits per heavy atom. The van der Waals surface area contributed by atoms with E-state index >= 15 is 0 Å². The van der Waals surface area contributed by atoms with Crippen molar-refractivity contribution in [3.63, 3.8) is 0 Å². The number of hydrogen-bond acceptors (Lipinski definition) is 6. The molecule has 0 fully saturated rings. The van der Waals surface area contributed by atoms with Crippen LogP contribution in [0.4, 0.5) is 5.69 Å². The molecule has 0 spiro atoms. The summed E-state index contributed by atoms with van der Waals surface area (Å²) in [6.45, 7) is 8.14. The summed E-state index contributed by atoms with van der Waals surface area (Å²) in [6, 6.07) is 1.75. The minimum atomic E-state index is -0.502. The average molecular weight is 294 g/mol. The first-order valence-corrected chi connectivity index (χ1v) is 6.60.